The standard InChI is InChI=1S/C21H20BrN3O6S/c1-13(24-25-32(27,28)19-9-7-16(29-2)12-18(19)30-3)14-5-4-6-15(11-14)23-21(26)17-8-10-20(22)31-17/h4-12,25H,1-3H3,(H,23,26)/b24-13-. The van der Waals surface area contributed by atoms with Gasteiger partial charge >= 0.3 is 0 Å². The molecule has 2 N–H and O–H groups in total. The molecule has 1 heterocycles. The Balaban J connectivity index is 1.77. The van der Waals surface area contributed by atoms with Crippen LogP contribution < -0.4 is 19.6 Å². The number of carbonyl (C=O) groups is 1. The molecular weight excluding hydrogens is 502 g/mol. The third kappa shape index (κ3) is 5.48. The third-order valence-corrected chi connectivity index (χ3v) is 6.00. The van der Waals surface area contributed by atoms with Gasteiger partial charge < -0.3 is 19.2 Å². The van der Waals surface area contributed by atoms with E-state index in [-0.39, 0.29) is 16.4 Å². The van der Waals surface area contributed by atoms with Gasteiger partial charge in [-0.05, 0) is 64.8 Å². The summed E-state index contributed by atoms with van der Waals surface area (Å²) >= 11 is 3.15. The molecule has 0 radical (unpaired) electrons. The molecule has 168 valence electrons. The van der Waals surface area contributed by atoms with Gasteiger partial charge in [0.25, 0.3) is 15.9 Å². The molecule has 0 aliphatic carbocycles. The number of furan rings is 1. The molecular formula is C21H20BrN3O6S. The molecule has 3 rings (SSSR count). The van der Waals surface area contributed by atoms with Crippen LogP contribution in [0.2, 0.25) is 0 Å². The summed E-state index contributed by atoms with van der Waals surface area (Å²) in [5.41, 5.74) is 1.49. The van der Waals surface area contributed by atoms with Gasteiger partial charge in [0.1, 0.15) is 16.4 Å². The van der Waals surface area contributed by atoms with E-state index in [1.807, 2.05) is 0 Å². The first kappa shape index (κ1) is 23.4. The normalized spacial score (nSPS) is 11.7. The van der Waals surface area contributed by atoms with Crippen LogP contribution in [0.5, 0.6) is 11.5 Å². The van der Waals surface area contributed by atoms with Gasteiger partial charge in [0, 0.05) is 11.8 Å². The van der Waals surface area contributed by atoms with Crippen LogP contribution in [0, 0.1) is 0 Å². The molecule has 1 amide bonds. The van der Waals surface area contributed by atoms with Crippen molar-refractivity contribution in [2.75, 3.05) is 19.5 Å². The van der Waals surface area contributed by atoms with Gasteiger partial charge in [-0.3, -0.25) is 4.79 Å². The number of nitrogens with zero attached hydrogens (tertiary/aromatic N) is 1. The summed E-state index contributed by atoms with van der Waals surface area (Å²) < 4.78 is 41.3. The van der Waals surface area contributed by atoms with Crippen LogP contribution in [0.4, 0.5) is 5.69 Å². The van der Waals surface area contributed by atoms with Crippen molar-refractivity contribution in [1.29, 1.82) is 0 Å². The average molecular weight is 522 g/mol. The van der Waals surface area contributed by atoms with Crippen molar-refractivity contribution in [2.24, 2.45) is 5.10 Å². The number of amides is 1. The minimum absolute atomic E-state index is 0.0806. The first-order valence-electron chi connectivity index (χ1n) is 9.18. The van der Waals surface area contributed by atoms with E-state index in [1.54, 1.807) is 37.3 Å². The molecule has 1 aromatic heterocycles. The van der Waals surface area contributed by atoms with Crippen molar-refractivity contribution in [2.45, 2.75) is 11.8 Å². The van der Waals surface area contributed by atoms with Crippen LogP contribution in [-0.4, -0.2) is 34.3 Å². The summed E-state index contributed by atoms with van der Waals surface area (Å²) in [4.78, 5) is 14.4. The van der Waals surface area contributed by atoms with Gasteiger partial charge in [0.15, 0.2) is 10.4 Å². The van der Waals surface area contributed by atoms with Crippen molar-refractivity contribution in [3.05, 3.63) is 70.6 Å². The fourth-order valence-corrected chi connectivity index (χ4v) is 4.01. The van der Waals surface area contributed by atoms with E-state index in [0.717, 1.165) is 0 Å². The largest absolute Gasteiger partial charge is 0.497 e. The number of halogens is 1. The Hall–Kier alpha value is -3.31. The summed E-state index contributed by atoms with van der Waals surface area (Å²) in [6.45, 7) is 1.64. The zero-order valence-electron chi connectivity index (χ0n) is 17.4. The molecule has 0 fully saturated rings. The second-order valence-corrected chi connectivity index (χ2v) is 8.86. The summed E-state index contributed by atoms with van der Waals surface area (Å²) in [6.07, 6.45) is 0. The fraction of sp³-hybridized carbons (Fsp3) is 0.143. The number of anilines is 1. The maximum absolute atomic E-state index is 12.7. The molecule has 0 aliphatic rings. The Labute approximate surface area is 193 Å². The predicted molar refractivity (Wildman–Crippen MR) is 123 cm³/mol. The van der Waals surface area contributed by atoms with E-state index in [4.69, 9.17) is 13.9 Å². The highest BCUT2D eigenvalue weighted by Crippen LogP contribution is 2.28. The predicted octanol–water partition coefficient (Wildman–Crippen LogP) is 4.01. The molecule has 32 heavy (non-hydrogen) atoms. The van der Waals surface area contributed by atoms with E-state index in [0.29, 0.717) is 27.4 Å². The molecule has 0 spiro atoms. The van der Waals surface area contributed by atoms with Crippen LogP contribution in [0.1, 0.15) is 23.0 Å². The van der Waals surface area contributed by atoms with Gasteiger partial charge in [-0.15, -0.1) is 0 Å². The van der Waals surface area contributed by atoms with E-state index in [1.165, 1.54) is 38.5 Å². The number of rotatable bonds is 8. The lowest BCUT2D eigenvalue weighted by molar-refractivity contribution is 0.0995. The molecule has 9 nitrogen and oxygen atoms in total. The van der Waals surface area contributed by atoms with Gasteiger partial charge in [-0.2, -0.15) is 18.4 Å². The van der Waals surface area contributed by atoms with Crippen LogP contribution in [0.15, 0.2) is 73.7 Å². The number of nitrogens with one attached hydrogen (secondary N) is 2. The van der Waals surface area contributed by atoms with Gasteiger partial charge in [-0.1, -0.05) is 12.1 Å². The smallest absolute Gasteiger partial charge is 0.291 e. The first-order valence-corrected chi connectivity index (χ1v) is 11.5. The van der Waals surface area contributed by atoms with Gasteiger partial charge in [-0.25, -0.2) is 0 Å². The highest BCUT2D eigenvalue weighted by molar-refractivity contribution is 9.10. The van der Waals surface area contributed by atoms with E-state index in [9.17, 15) is 13.2 Å². The van der Waals surface area contributed by atoms with E-state index in [2.05, 4.69) is 31.2 Å². The second-order valence-electron chi connectivity index (χ2n) is 6.45. The molecule has 11 heteroatoms. The number of ether oxygens (including phenoxy) is 2. The highest BCUT2D eigenvalue weighted by atomic mass is 79.9. The minimum Gasteiger partial charge on any atom is -0.497 e. The second kappa shape index (κ2) is 9.88. The number of hydrazone groups is 1. The van der Waals surface area contributed by atoms with E-state index >= 15 is 0 Å². The topological polar surface area (TPSA) is 119 Å². The summed E-state index contributed by atoms with van der Waals surface area (Å²) in [7, 11) is -1.16. The molecule has 0 unspecified atom stereocenters. The SMILES string of the molecule is COc1ccc(S(=O)(=O)N/N=C(/C)c2cccc(NC(=O)c3ccc(Br)o3)c2)c(OC)c1. The first-order chi connectivity index (χ1) is 15.2. The number of carbonyl (C=O) groups excluding carboxylic acids is 1. The Morgan fingerprint density at radius 1 is 1.06 bits per heavy atom. The number of hydrogen-bond donors (Lipinski definition) is 2. The van der Waals surface area contributed by atoms with Crippen molar-refractivity contribution in [3.63, 3.8) is 0 Å². The monoisotopic (exact) mass is 521 g/mol. The van der Waals surface area contributed by atoms with E-state index < -0.39 is 15.9 Å². The lowest BCUT2D eigenvalue weighted by Gasteiger charge is -2.11. The maximum atomic E-state index is 12.7. The Morgan fingerprint density at radius 3 is 2.50 bits per heavy atom. The lowest BCUT2D eigenvalue weighted by atomic mass is 10.1. The van der Waals surface area contributed by atoms with Crippen LogP contribution >= 0.6 is 15.9 Å². The minimum atomic E-state index is -4.00. The van der Waals surface area contributed by atoms with Crippen molar-refractivity contribution in [1.82, 2.24) is 4.83 Å². The van der Waals surface area contributed by atoms with Crippen molar-refractivity contribution in [3.8, 4) is 11.5 Å². The molecule has 2 aromatic carbocycles. The fourth-order valence-electron chi connectivity index (χ4n) is 2.69. The quantitative estimate of drug-likeness (QED) is 0.341. The number of methoxy groups -OCH3 is 2. The summed E-state index contributed by atoms with van der Waals surface area (Å²) in [6, 6.07) is 14.3. The lowest BCUT2D eigenvalue weighted by Crippen LogP contribution is -2.20. The van der Waals surface area contributed by atoms with Gasteiger partial charge in [0.05, 0.1) is 19.9 Å². The zero-order chi connectivity index (χ0) is 23.3. The number of benzene rings is 2. The molecule has 3 aromatic rings. The van der Waals surface area contributed by atoms with Crippen LogP contribution in [0.3, 0.4) is 0 Å². The maximum Gasteiger partial charge on any atom is 0.291 e. The Kier molecular flexibility index (Phi) is 7.21. The van der Waals surface area contributed by atoms with Crippen LogP contribution in [-0.2, 0) is 10.0 Å². The summed E-state index contributed by atoms with van der Waals surface area (Å²) in [5.74, 6) is 0.309. The zero-order valence-corrected chi connectivity index (χ0v) is 19.8. The highest BCUT2D eigenvalue weighted by Gasteiger charge is 2.20. The molecule has 0 bridgehead atoms. The van der Waals surface area contributed by atoms with Gasteiger partial charge in [0.2, 0.25) is 0 Å². The molecule has 0 aliphatic heterocycles. The van der Waals surface area contributed by atoms with Crippen molar-refractivity contribution >= 4 is 43.3 Å². The molecule has 0 saturated heterocycles. The number of hydrogen-bond acceptors (Lipinski definition) is 7. The third-order valence-electron chi connectivity index (χ3n) is 4.33. The molecule has 0 atom stereocenters. The number of sulfonamides is 1. The van der Waals surface area contributed by atoms with Crippen LogP contribution in [0.25, 0.3) is 0 Å². The Bertz CT molecular complexity index is 1270. The van der Waals surface area contributed by atoms with Crippen molar-refractivity contribution < 1.29 is 27.1 Å². The Morgan fingerprint density at radius 2 is 1.84 bits per heavy atom. The average Bonchev–Trinajstić information content (AvgIpc) is 3.23. The molecule has 0 saturated carbocycles. The summed E-state index contributed by atoms with van der Waals surface area (Å²) in [5, 5.41) is 6.71.